The van der Waals surface area contributed by atoms with Crippen molar-refractivity contribution in [3.05, 3.63) is 71.8 Å². The summed E-state index contributed by atoms with van der Waals surface area (Å²) in [4.78, 5) is 24.5. The number of carbonyl (C=O) groups is 2. The van der Waals surface area contributed by atoms with Crippen LogP contribution in [0.15, 0.2) is 60.7 Å². The van der Waals surface area contributed by atoms with Crippen molar-refractivity contribution in [2.45, 2.75) is 39.5 Å². The molecule has 1 amide bonds. The van der Waals surface area contributed by atoms with Crippen molar-refractivity contribution in [2.24, 2.45) is 5.92 Å². The Bertz CT molecular complexity index is 688. The summed E-state index contributed by atoms with van der Waals surface area (Å²) in [7, 11) is 0. The number of amides is 1. The van der Waals surface area contributed by atoms with E-state index in [9.17, 15) is 9.59 Å². The van der Waals surface area contributed by atoms with Crippen molar-refractivity contribution in [3.8, 4) is 0 Å². The molecule has 5 nitrogen and oxygen atoms in total. The Morgan fingerprint density at radius 1 is 0.885 bits per heavy atom. The number of rotatable bonds is 8. The fourth-order valence-electron chi connectivity index (χ4n) is 2.38. The second-order valence-corrected chi connectivity index (χ2v) is 6.16. The first-order chi connectivity index (χ1) is 12.6. The third-order valence-corrected chi connectivity index (χ3v) is 4.18. The predicted molar refractivity (Wildman–Crippen MR) is 99.2 cm³/mol. The molecular formula is C21H25NO4. The highest BCUT2D eigenvalue weighted by Crippen LogP contribution is 2.12. The number of hydrogen-bond acceptors (Lipinski definition) is 4. The van der Waals surface area contributed by atoms with Crippen molar-refractivity contribution < 1.29 is 19.1 Å². The second-order valence-electron chi connectivity index (χ2n) is 6.16. The SMILES string of the molecule is CC[C@H](C)[C@H](NC(=O)OCc1ccccc1)C(=O)OCc1ccccc1. The summed E-state index contributed by atoms with van der Waals surface area (Å²) in [5, 5.41) is 2.64. The van der Waals surface area contributed by atoms with Crippen LogP contribution < -0.4 is 5.32 Å². The number of hydrogen-bond donors (Lipinski definition) is 1. The lowest BCUT2D eigenvalue weighted by atomic mass is 9.99. The molecule has 0 radical (unpaired) electrons. The Morgan fingerprint density at radius 2 is 1.38 bits per heavy atom. The highest BCUT2D eigenvalue weighted by molar-refractivity contribution is 5.81. The van der Waals surface area contributed by atoms with Crippen LogP contribution in [0.3, 0.4) is 0 Å². The minimum atomic E-state index is -0.744. The largest absolute Gasteiger partial charge is 0.459 e. The van der Waals surface area contributed by atoms with Crippen LogP contribution in [0.1, 0.15) is 31.4 Å². The molecule has 0 fully saturated rings. The van der Waals surface area contributed by atoms with Crippen molar-refractivity contribution in [2.75, 3.05) is 0 Å². The molecule has 26 heavy (non-hydrogen) atoms. The van der Waals surface area contributed by atoms with Crippen LogP contribution in [0, 0.1) is 5.92 Å². The number of nitrogens with one attached hydrogen (secondary N) is 1. The van der Waals surface area contributed by atoms with Gasteiger partial charge < -0.3 is 14.8 Å². The molecule has 1 N–H and O–H groups in total. The minimum Gasteiger partial charge on any atom is -0.459 e. The molecule has 0 unspecified atom stereocenters. The molecule has 138 valence electrons. The molecular weight excluding hydrogens is 330 g/mol. The Hall–Kier alpha value is -2.82. The maximum atomic E-state index is 12.4. The van der Waals surface area contributed by atoms with E-state index in [1.807, 2.05) is 74.5 Å². The van der Waals surface area contributed by atoms with E-state index < -0.39 is 18.1 Å². The zero-order valence-corrected chi connectivity index (χ0v) is 15.2. The number of ether oxygens (including phenoxy) is 2. The van der Waals surface area contributed by atoms with Gasteiger partial charge in [0.25, 0.3) is 0 Å². The molecule has 0 saturated carbocycles. The third-order valence-electron chi connectivity index (χ3n) is 4.18. The van der Waals surface area contributed by atoms with Gasteiger partial charge in [-0.3, -0.25) is 0 Å². The summed E-state index contributed by atoms with van der Waals surface area (Å²) in [6.07, 6.45) is 0.0974. The van der Waals surface area contributed by atoms with Crippen molar-refractivity contribution in [1.82, 2.24) is 5.32 Å². The Kier molecular flexibility index (Phi) is 7.68. The van der Waals surface area contributed by atoms with Gasteiger partial charge in [0.1, 0.15) is 19.3 Å². The summed E-state index contributed by atoms with van der Waals surface area (Å²) in [5.74, 6) is -0.526. The van der Waals surface area contributed by atoms with E-state index >= 15 is 0 Å². The number of alkyl carbamates (subject to hydrolysis) is 1. The molecule has 0 spiro atoms. The van der Waals surface area contributed by atoms with Gasteiger partial charge in [-0.1, -0.05) is 80.9 Å². The Morgan fingerprint density at radius 3 is 1.88 bits per heavy atom. The van der Waals surface area contributed by atoms with Crippen LogP contribution in [0.2, 0.25) is 0 Å². The second kappa shape index (κ2) is 10.2. The van der Waals surface area contributed by atoms with E-state index in [2.05, 4.69) is 5.32 Å². The lowest BCUT2D eigenvalue weighted by Gasteiger charge is -2.22. The first kappa shape index (κ1) is 19.5. The van der Waals surface area contributed by atoms with Gasteiger partial charge in [-0.2, -0.15) is 0 Å². The molecule has 2 rings (SSSR count). The van der Waals surface area contributed by atoms with Crippen molar-refractivity contribution in [3.63, 3.8) is 0 Å². The summed E-state index contributed by atoms with van der Waals surface area (Å²) < 4.78 is 10.6. The minimum absolute atomic E-state index is 0.0671. The number of carbonyl (C=O) groups excluding carboxylic acids is 2. The van der Waals surface area contributed by atoms with Crippen LogP contribution in [0.5, 0.6) is 0 Å². The highest BCUT2D eigenvalue weighted by Gasteiger charge is 2.28. The van der Waals surface area contributed by atoms with E-state index in [1.54, 1.807) is 0 Å². The van der Waals surface area contributed by atoms with Gasteiger partial charge in [0.15, 0.2) is 0 Å². The van der Waals surface area contributed by atoms with Crippen molar-refractivity contribution >= 4 is 12.1 Å². The molecule has 0 saturated heterocycles. The van der Waals surface area contributed by atoms with Gasteiger partial charge in [-0.15, -0.1) is 0 Å². The first-order valence-corrected chi connectivity index (χ1v) is 8.78. The van der Waals surface area contributed by atoms with Gasteiger partial charge in [-0.25, -0.2) is 9.59 Å². The fraction of sp³-hybridized carbons (Fsp3) is 0.333. The number of esters is 1. The third kappa shape index (κ3) is 6.24. The molecule has 0 aliphatic heterocycles. The van der Waals surface area contributed by atoms with Crippen LogP contribution in [0.25, 0.3) is 0 Å². The highest BCUT2D eigenvalue weighted by atomic mass is 16.6. The van der Waals surface area contributed by atoms with Gasteiger partial charge in [0.2, 0.25) is 0 Å². The van der Waals surface area contributed by atoms with E-state index in [1.165, 1.54) is 0 Å². The topological polar surface area (TPSA) is 64.6 Å². The van der Waals surface area contributed by atoms with Gasteiger partial charge in [0, 0.05) is 0 Å². The van der Waals surface area contributed by atoms with Gasteiger partial charge in [-0.05, 0) is 17.0 Å². The molecule has 0 aliphatic rings. The average Bonchev–Trinajstić information content (AvgIpc) is 2.69. The zero-order valence-electron chi connectivity index (χ0n) is 15.2. The van der Waals surface area contributed by atoms with Gasteiger partial charge in [0.05, 0.1) is 0 Å². The zero-order chi connectivity index (χ0) is 18.8. The van der Waals surface area contributed by atoms with E-state index in [4.69, 9.17) is 9.47 Å². The van der Waals surface area contributed by atoms with Gasteiger partial charge >= 0.3 is 12.1 Å². The molecule has 2 aromatic rings. The average molecular weight is 355 g/mol. The van der Waals surface area contributed by atoms with Crippen LogP contribution >= 0.6 is 0 Å². The smallest absolute Gasteiger partial charge is 0.408 e. The lowest BCUT2D eigenvalue weighted by Crippen LogP contribution is -2.46. The summed E-state index contributed by atoms with van der Waals surface area (Å²) in [5.41, 5.74) is 1.78. The molecule has 0 aliphatic carbocycles. The predicted octanol–water partition coefficient (Wildman–Crippen LogP) is 4.07. The molecule has 5 heteroatoms. The molecule has 0 bridgehead atoms. The summed E-state index contributed by atoms with van der Waals surface area (Å²) in [6, 6.07) is 18.1. The molecule has 2 atom stereocenters. The standard InChI is InChI=1S/C21H25NO4/c1-3-16(2)19(20(23)25-14-17-10-6-4-7-11-17)22-21(24)26-15-18-12-8-5-9-13-18/h4-13,16,19H,3,14-15H2,1-2H3,(H,22,24)/t16-,19-/m0/s1. The monoisotopic (exact) mass is 355 g/mol. The first-order valence-electron chi connectivity index (χ1n) is 8.78. The maximum Gasteiger partial charge on any atom is 0.408 e. The van der Waals surface area contributed by atoms with Crippen LogP contribution in [0.4, 0.5) is 4.79 Å². The van der Waals surface area contributed by atoms with Crippen molar-refractivity contribution in [1.29, 1.82) is 0 Å². The summed E-state index contributed by atoms with van der Waals surface area (Å²) in [6.45, 7) is 4.18. The lowest BCUT2D eigenvalue weighted by molar-refractivity contribution is -0.148. The summed E-state index contributed by atoms with van der Waals surface area (Å²) >= 11 is 0. The fourth-order valence-corrected chi connectivity index (χ4v) is 2.38. The maximum absolute atomic E-state index is 12.4. The quantitative estimate of drug-likeness (QED) is 0.725. The van der Waals surface area contributed by atoms with E-state index in [-0.39, 0.29) is 19.1 Å². The Balaban J connectivity index is 1.89. The molecule has 0 aromatic heterocycles. The molecule has 2 aromatic carbocycles. The normalized spacial score (nSPS) is 12.7. The van der Waals surface area contributed by atoms with E-state index in [0.29, 0.717) is 0 Å². The van der Waals surface area contributed by atoms with E-state index in [0.717, 1.165) is 17.5 Å². The molecule has 0 heterocycles. The van der Waals surface area contributed by atoms with Crippen LogP contribution in [-0.2, 0) is 27.5 Å². The number of benzene rings is 2. The Labute approximate surface area is 154 Å². The van der Waals surface area contributed by atoms with Crippen LogP contribution in [-0.4, -0.2) is 18.1 Å².